The van der Waals surface area contributed by atoms with Crippen molar-refractivity contribution in [2.75, 3.05) is 39.8 Å². The van der Waals surface area contributed by atoms with Gasteiger partial charge in [-0.15, -0.1) is 0 Å². The van der Waals surface area contributed by atoms with E-state index in [1.807, 2.05) is 18.7 Å². The highest BCUT2D eigenvalue weighted by molar-refractivity contribution is 5.82. The lowest BCUT2D eigenvalue weighted by Crippen LogP contribution is -2.54. The normalized spacial score (nSPS) is 17.7. The average molecular weight is 271 g/mol. The summed E-state index contributed by atoms with van der Waals surface area (Å²) < 4.78 is 5.04. The highest BCUT2D eigenvalue weighted by Gasteiger charge is 2.28. The summed E-state index contributed by atoms with van der Waals surface area (Å²) in [5, 5.41) is 0. The van der Waals surface area contributed by atoms with Gasteiger partial charge in [0.05, 0.1) is 0 Å². The Labute approximate surface area is 114 Å². The molecular weight excluding hydrogens is 246 g/mol. The second-order valence-electron chi connectivity index (χ2n) is 5.26. The monoisotopic (exact) mass is 271 g/mol. The van der Waals surface area contributed by atoms with Gasteiger partial charge < -0.3 is 20.3 Å². The van der Waals surface area contributed by atoms with E-state index < -0.39 is 6.10 Å². The minimum atomic E-state index is -0.571. The molecule has 1 aliphatic heterocycles. The topological polar surface area (TPSA) is 75.9 Å². The summed E-state index contributed by atoms with van der Waals surface area (Å²) in [6.07, 6.45) is -0.00447. The molecule has 1 aliphatic rings. The molecule has 2 N–H and O–H groups in total. The van der Waals surface area contributed by atoms with E-state index in [-0.39, 0.29) is 18.4 Å². The zero-order chi connectivity index (χ0) is 14.4. The fourth-order valence-electron chi connectivity index (χ4n) is 2.16. The minimum absolute atomic E-state index is 0.0824. The lowest BCUT2D eigenvalue weighted by Gasteiger charge is -2.36. The summed E-state index contributed by atoms with van der Waals surface area (Å²) in [5.41, 5.74) is 5.48. The number of hydrogen-bond donors (Lipinski definition) is 1. The molecule has 1 saturated heterocycles. The third kappa shape index (κ3) is 4.47. The Kier molecular flexibility index (Phi) is 6.24. The van der Waals surface area contributed by atoms with Crippen LogP contribution in [0.25, 0.3) is 0 Å². The molecule has 2 amide bonds. The van der Waals surface area contributed by atoms with Crippen molar-refractivity contribution in [2.45, 2.75) is 26.4 Å². The van der Waals surface area contributed by atoms with Crippen LogP contribution in [0, 0.1) is 5.92 Å². The van der Waals surface area contributed by atoms with Gasteiger partial charge in [0.25, 0.3) is 5.91 Å². The van der Waals surface area contributed by atoms with Gasteiger partial charge in [0.15, 0.2) is 0 Å². The molecule has 6 nitrogen and oxygen atoms in total. The fourth-order valence-corrected chi connectivity index (χ4v) is 2.16. The molecule has 0 bridgehead atoms. The fraction of sp³-hybridized carbons (Fsp3) is 0.846. The number of methoxy groups -OCH3 is 1. The summed E-state index contributed by atoms with van der Waals surface area (Å²) in [4.78, 5) is 27.5. The molecule has 1 fully saturated rings. The number of nitrogens with two attached hydrogens (primary N) is 1. The van der Waals surface area contributed by atoms with Crippen LogP contribution in [0.15, 0.2) is 0 Å². The number of nitrogens with zero attached hydrogens (tertiary/aromatic N) is 2. The number of hydrogen-bond acceptors (Lipinski definition) is 4. The van der Waals surface area contributed by atoms with Crippen molar-refractivity contribution < 1.29 is 14.3 Å². The van der Waals surface area contributed by atoms with Crippen LogP contribution in [0.5, 0.6) is 0 Å². The number of amides is 2. The molecule has 1 rings (SSSR count). The maximum atomic E-state index is 12.0. The van der Waals surface area contributed by atoms with Crippen molar-refractivity contribution in [2.24, 2.45) is 11.7 Å². The highest BCUT2D eigenvalue weighted by atomic mass is 16.5. The smallest absolute Gasteiger partial charge is 0.253 e. The van der Waals surface area contributed by atoms with E-state index in [1.54, 1.807) is 4.90 Å². The average Bonchev–Trinajstić information content (AvgIpc) is 2.39. The molecule has 1 unspecified atom stereocenters. The molecule has 110 valence electrons. The van der Waals surface area contributed by atoms with Crippen LogP contribution in [0.1, 0.15) is 20.3 Å². The molecular formula is C13H25N3O3. The summed E-state index contributed by atoms with van der Waals surface area (Å²) in [5.74, 6) is 0.451. The van der Waals surface area contributed by atoms with Gasteiger partial charge in [-0.25, -0.2) is 0 Å². The van der Waals surface area contributed by atoms with Crippen molar-refractivity contribution in [1.29, 1.82) is 0 Å². The molecule has 0 radical (unpaired) electrons. The predicted octanol–water partition coefficient (Wildman–Crippen LogP) is -0.323. The van der Waals surface area contributed by atoms with E-state index in [2.05, 4.69) is 0 Å². The second kappa shape index (κ2) is 7.45. The van der Waals surface area contributed by atoms with Gasteiger partial charge in [0, 0.05) is 46.3 Å². The predicted molar refractivity (Wildman–Crippen MR) is 72.5 cm³/mol. The number of piperazine rings is 1. The Morgan fingerprint density at radius 3 is 2.11 bits per heavy atom. The van der Waals surface area contributed by atoms with E-state index in [9.17, 15) is 9.59 Å². The molecule has 19 heavy (non-hydrogen) atoms. The van der Waals surface area contributed by atoms with Crippen molar-refractivity contribution in [1.82, 2.24) is 9.80 Å². The van der Waals surface area contributed by atoms with Gasteiger partial charge in [0.1, 0.15) is 6.10 Å². The zero-order valence-electron chi connectivity index (χ0n) is 12.1. The molecule has 0 aromatic rings. The molecule has 0 aliphatic carbocycles. The van der Waals surface area contributed by atoms with Crippen molar-refractivity contribution in [3.63, 3.8) is 0 Å². The highest BCUT2D eigenvalue weighted by Crippen LogP contribution is 2.09. The first-order valence-corrected chi connectivity index (χ1v) is 6.79. The van der Waals surface area contributed by atoms with E-state index in [0.29, 0.717) is 38.5 Å². The van der Waals surface area contributed by atoms with Gasteiger partial charge in [-0.2, -0.15) is 0 Å². The quantitative estimate of drug-likeness (QED) is 0.743. The third-order valence-corrected chi connectivity index (χ3v) is 3.30. The Morgan fingerprint density at radius 1 is 1.16 bits per heavy atom. The van der Waals surface area contributed by atoms with Crippen LogP contribution >= 0.6 is 0 Å². The van der Waals surface area contributed by atoms with Gasteiger partial charge in [-0.1, -0.05) is 13.8 Å². The molecule has 0 saturated carbocycles. The SMILES string of the molecule is COC(CN)C(=O)N1CCN(C(=O)CC(C)C)CC1. The van der Waals surface area contributed by atoms with Gasteiger partial charge >= 0.3 is 0 Å². The minimum Gasteiger partial charge on any atom is -0.370 e. The van der Waals surface area contributed by atoms with Crippen LogP contribution in [0.4, 0.5) is 0 Å². The number of carbonyl (C=O) groups excluding carboxylic acids is 2. The van der Waals surface area contributed by atoms with Crippen LogP contribution < -0.4 is 5.73 Å². The lowest BCUT2D eigenvalue weighted by atomic mass is 10.1. The Bertz CT molecular complexity index is 308. The summed E-state index contributed by atoms with van der Waals surface area (Å²) in [7, 11) is 1.48. The zero-order valence-corrected chi connectivity index (χ0v) is 12.1. The molecule has 0 spiro atoms. The van der Waals surface area contributed by atoms with E-state index in [1.165, 1.54) is 7.11 Å². The first kappa shape index (κ1) is 15.9. The van der Waals surface area contributed by atoms with Crippen molar-refractivity contribution in [3.05, 3.63) is 0 Å². The largest absolute Gasteiger partial charge is 0.370 e. The first-order chi connectivity index (χ1) is 8.99. The molecule has 6 heteroatoms. The third-order valence-electron chi connectivity index (χ3n) is 3.30. The Balaban J connectivity index is 2.44. The second-order valence-corrected chi connectivity index (χ2v) is 5.26. The summed E-state index contributed by atoms with van der Waals surface area (Å²) >= 11 is 0. The van der Waals surface area contributed by atoms with Crippen molar-refractivity contribution in [3.8, 4) is 0 Å². The van der Waals surface area contributed by atoms with Crippen LogP contribution in [-0.4, -0.2) is 67.6 Å². The number of rotatable bonds is 5. The van der Waals surface area contributed by atoms with E-state index >= 15 is 0 Å². The summed E-state index contributed by atoms with van der Waals surface area (Å²) in [6.45, 7) is 6.55. The maximum absolute atomic E-state index is 12.0. The van der Waals surface area contributed by atoms with Crippen LogP contribution in [-0.2, 0) is 14.3 Å². The first-order valence-electron chi connectivity index (χ1n) is 6.79. The van der Waals surface area contributed by atoms with Crippen molar-refractivity contribution >= 4 is 11.8 Å². The Morgan fingerprint density at radius 2 is 1.68 bits per heavy atom. The van der Waals surface area contributed by atoms with Crippen LogP contribution in [0.3, 0.4) is 0 Å². The van der Waals surface area contributed by atoms with Gasteiger partial charge in [-0.3, -0.25) is 9.59 Å². The lowest BCUT2D eigenvalue weighted by molar-refractivity contribution is -0.146. The number of carbonyl (C=O) groups is 2. The van der Waals surface area contributed by atoms with E-state index in [0.717, 1.165) is 0 Å². The van der Waals surface area contributed by atoms with Crippen LogP contribution in [0.2, 0.25) is 0 Å². The molecule has 0 aromatic carbocycles. The van der Waals surface area contributed by atoms with Gasteiger partial charge in [0.2, 0.25) is 5.91 Å². The summed E-state index contributed by atoms with van der Waals surface area (Å²) in [6, 6.07) is 0. The Hall–Kier alpha value is -1.14. The number of ether oxygens (including phenoxy) is 1. The van der Waals surface area contributed by atoms with E-state index in [4.69, 9.17) is 10.5 Å². The molecule has 0 aromatic heterocycles. The maximum Gasteiger partial charge on any atom is 0.253 e. The molecule has 1 heterocycles. The van der Waals surface area contributed by atoms with Gasteiger partial charge in [-0.05, 0) is 5.92 Å². The molecule has 1 atom stereocenters. The standard InChI is InChI=1S/C13H25N3O3/c1-10(2)8-12(17)15-4-6-16(7-5-15)13(18)11(9-14)19-3/h10-11H,4-9,14H2,1-3H3.